The van der Waals surface area contributed by atoms with Crippen molar-refractivity contribution in [3.8, 4) is 0 Å². The maximum absolute atomic E-state index is 11.8. The predicted octanol–water partition coefficient (Wildman–Crippen LogP) is 0.282. The summed E-state index contributed by atoms with van der Waals surface area (Å²) in [4.78, 5) is 15.7. The van der Waals surface area contributed by atoms with Crippen molar-refractivity contribution in [2.75, 3.05) is 39.3 Å². The van der Waals surface area contributed by atoms with Crippen LogP contribution in [0, 0.1) is 0 Å². The number of hydrogen-bond donors (Lipinski definition) is 2. The third-order valence-corrected chi connectivity index (χ3v) is 3.01. The van der Waals surface area contributed by atoms with E-state index in [0.717, 1.165) is 19.6 Å². The zero-order valence-corrected chi connectivity index (χ0v) is 12.1. The first-order chi connectivity index (χ1) is 8.81. The number of aliphatic hydroxyl groups excluding tert-OH is 2. The van der Waals surface area contributed by atoms with Gasteiger partial charge in [0, 0.05) is 32.7 Å². The Morgan fingerprint density at radius 1 is 1.26 bits per heavy atom. The molecular formula is C13H26N2O4. The van der Waals surface area contributed by atoms with E-state index < -0.39 is 11.7 Å². The van der Waals surface area contributed by atoms with Gasteiger partial charge < -0.3 is 19.8 Å². The van der Waals surface area contributed by atoms with Crippen LogP contribution in [0.15, 0.2) is 0 Å². The van der Waals surface area contributed by atoms with Gasteiger partial charge in [-0.05, 0) is 27.2 Å². The molecule has 1 saturated heterocycles. The average Bonchev–Trinajstić information content (AvgIpc) is 2.34. The van der Waals surface area contributed by atoms with E-state index in [9.17, 15) is 9.90 Å². The predicted molar refractivity (Wildman–Crippen MR) is 72.0 cm³/mol. The molecule has 0 radical (unpaired) electrons. The molecule has 112 valence electrons. The van der Waals surface area contributed by atoms with Crippen LogP contribution in [-0.2, 0) is 4.74 Å². The van der Waals surface area contributed by atoms with Crippen LogP contribution in [0.2, 0.25) is 0 Å². The molecule has 1 heterocycles. The number of amides is 1. The summed E-state index contributed by atoms with van der Waals surface area (Å²) in [5.41, 5.74) is -0.459. The van der Waals surface area contributed by atoms with Gasteiger partial charge in [-0.1, -0.05) is 0 Å². The first kappa shape index (κ1) is 16.2. The second-order valence-electron chi connectivity index (χ2n) is 5.93. The largest absolute Gasteiger partial charge is 0.444 e. The van der Waals surface area contributed by atoms with Crippen molar-refractivity contribution in [3.63, 3.8) is 0 Å². The van der Waals surface area contributed by atoms with E-state index in [1.807, 2.05) is 20.8 Å². The Morgan fingerprint density at radius 3 is 2.32 bits per heavy atom. The molecule has 0 bridgehead atoms. The highest BCUT2D eigenvalue weighted by molar-refractivity contribution is 5.68. The van der Waals surface area contributed by atoms with Crippen LogP contribution in [-0.4, -0.2) is 77.1 Å². The van der Waals surface area contributed by atoms with Gasteiger partial charge >= 0.3 is 6.09 Å². The molecule has 0 spiro atoms. The molecule has 1 aliphatic heterocycles. The number of rotatable bonds is 4. The number of ether oxygens (including phenoxy) is 1. The highest BCUT2D eigenvalue weighted by Gasteiger charge is 2.25. The number of carbonyl (C=O) groups is 1. The molecule has 0 aromatic carbocycles. The molecule has 1 atom stereocenters. The van der Waals surface area contributed by atoms with Gasteiger partial charge in [-0.3, -0.25) is 4.90 Å². The van der Waals surface area contributed by atoms with Gasteiger partial charge in [0.1, 0.15) is 5.60 Å². The van der Waals surface area contributed by atoms with Crippen molar-refractivity contribution in [1.29, 1.82) is 0 Å². The lowest BCUT2D eigenvalue weighted by atomic mass is 10.2. The molecule has 1 unspecified atom stereocenters. The fourth-order valence-corrected chi connectivity index (χ4v) is 1.90. The third-order valence-electron chi connectivity index (χ3n) is 3.01. The molecule has 2 N–H and O–H groups in total. The molecule has 6 nitrogen and oxygen atoms in total. The monoisotopic (exact) mass is 274 g/mol. The summed E-state index contributed by atoms with van der Waals surface area (Å²) >= 11 is 0. The Kier molecular flexibility index (Phi) is 6.03. The minimum Gasteiger partial charge on any atom is -0.444 e. The van der Waals surface area contributed by atoms with E-state index in [1.165, 1.54) is 0 Å². The summed E-state index contributed by atoms with van der Waals surface area (Å²) in [6, 6.07) is 0. The fourth-order valence-electron chi connectivity index (χ4n) is 1.90. The van der Waals surface area contributed by atoms with Gasteiger partial charge in [-0.2, -0.15) is 0 Å². The minimum atomic E-state index is -0.649. The summed E-state index contributed by atoms with van der Waals surface area (Å²) in [5.74, 6) is 0. The molecule has 0 aliphatic carbocycles. The van der Waals surface area contributed by atoms with Crippen LogP contribution in [0.3, 0.4) is 0 Å². The smallest absolute Gasteiger partial charge is 0.410 e. The van der Waals surface area contributed by atoms with E-state index in [1.54, 1.807) is 4.90 Å². The van der Waals surface area contributed by atoms with E-state index in [-0.39, 0.29) is 12.7 Å². The van der Waals surface area contributed by atoms with E-state index in [4.69, 9.17) is 9.84 Å². The van der Waals surface area contributed by atoms with Gasteiger partial charge in [0.15, 0.2) is 0 Å². The number of aliphatic hydroxyl groups is 2. The van der Waals surface area contributed by atoms with Gasteiger partial charge in [0.2, 0.25) is 0 Å². The van der Waals surface area contributed by atoms with Crippen LogP contribution in [0.25, 0.3) is 0 Å². The van der Waals surface area contributed by atoms with E-state index in [2.05, 4.69) is 4.90 Å². The Hall–Kier alpha value is -0.850. The zero-order chi connectivity index (χ0) is 14.5. The maximum atomic E-state index is 11.8. The Bertz CT molecular complexity index is 283. The number of hydrogen-bond acceptors (Lipinski definition) is 5. The standard InChI is InChI=1S/C13H26N2O4/c1-13(2,3)19-12(18)15-8-6-14(7-9-15)5-4-11(17)10-16/h11,16-17H,4-10H2,1-3H3. The van der Waals surface area contributed by atoms with Crippen LogP contribution < -0.4 is 0 Å². The topological polar surface area (TPSA) is 73.2 Å². The van der Waals surface area contributed by atoms with Crippen LogP contribution in [0.5, 0.6) is 0 Å². The zero-order valence-electron chi connectivity index (χ0n) is 12.1. The van der Waals surface area contributed by atoms with Gasteiger partial charge in [0.25, 0.3) is 0 Å². The summed E-state index contributed by atoms with van der Waals surface area (Å²) < 4.78 is 5.32. The average molecular weight is 274 g/mol. The molecule has 1 amide bonds. The van der Waals surface area contributed by atoms with Crippen molar-refractivity contribution >= 4 is 6.09 Å². The van der Waals surface area contributed by atoms with Gasteiger partial charge in [-0.15, -0.1) is 0 Å². The summed E-state index contributed by atoms with van der Waals surface area (Å²) in [5, 5.41) is 18.0. The van der Waals surface area contributed by atoms with Crippen LogP contribution in [0.4, 0.5) is 4.79 Å². The lowest BCUT2D eigenvalue weighted by Crippen LogP contribution is -2.50. The molecule has 6 heteroatoms. The number of carbonyl (C=O) groups excluding carboxylic acids is 1. The quantitative estimate of drug-likeness (QED) is 0.770. The van der Waals surface area contributed by atoms with E-state index in [0.29, 0.717) is 19.5 Å². The highest BCUT2D eigenvalue weighted by atomic mass is 16.6. The molecule has 19 heavy (non-hydrogen) atoms. The van der Waals surface area contributed by atoms with Gasteiger partial charge in [-0.25, -0.2) is 4.79 Å². The van der Waals surface area contributed by atoms with Crippen LogP contribution >= 0.6 is 0 Å². The fraction of sp³-hybridized carbons (Fsp3) is 0.923. The van der Waals surface area contributed by atoms with Crippen LogP contribution in [0.1, 0.15) is 27.2 Å². The molecule has 0 aromatic heterocycles. The normalized spacial score (nSPS) is 19.3. The Balaban J connectivity index is 2.27. The number of piperazine rings is 1. The van der Waals surface area contributed by atoms with Crippen molar-refractivity contribution in [2.45, 2.75) is 38.9 Å². The highest BCUT2D eigenvalue weighted by Crippen LogP contribution is 2.12. The second kappa shape index (κ2) is 7.07. The third kappa shape index (κ3) is 6.22. The van der Waals surface area contributed by atoms with E-state index >= 15 is 0 Å². The van der Waals surface area contributed by atoms with Crippen molar-refractivity contribution in [2.24, 2.45) is 0 Å². The number of nitrogens with zero attached hydrogens (tertiary/aromatic N) is 2. The van der Waals surface area contributed by atoms with Crippen molar-refractivity contribution in [3.05, 3.63) is 0 Å². The van der Waals surface area contributed by atoms with Gasteiger partial charge in [0.05, 0.1) is 12.7 Å². The first-order valence-corrected chi connectivity index (χ1v) is 6.81. The van der Waals surface area contributed by atoms with Crippen molar-refractivity contribution in [1.82, 2.24) is 9.80 Å². The Morgan fingerprint density at radius 2 is 1.84 bits per heavy atom. The summed E-state index contributed by atoms with van der Waals surface area (Å²) in [7, 11) is 0. The first-order valence-electron chi connectivity index (χ1n) is 6.81. The summed E-state index contributed by atoms with van der Waals surface area (Å²) in [6.45, 7) is 8.96. The second-order valence-corrected chi connectivity index (χ2v) is 5.93. The maximum Gasteiger partial charge on any atom is 0.410 e. The molecule has 0 aromatic rings. The van der Waals surface area contributed by atoms with Crippen molar-refractivity contribution < 1.29 is 19.7 Å². The molecule has 1 rings (SSSR count). The molecule has 1 aliphatic rings. The lowest BCUT2D eigenvalue weighted by molar-refractivity contribution is 0.0123. The Labute approximate surface area is 114 Å². The minimum absolute atomic E-state index is 0.197. The molecular weight excluding hydrogens is 248 g/mol. The SMILES string of the molecule is CC(C)(C)OC(=O)N1CCN(CCC(O)CO)CC1. The molecule has 0 saturated carbocycles. The lowest BCUT2D eigenvalue weighted by Gasteiger charge is -2.35. The molecule has 1 fully saturated rings. The summed E-state index contributed by atoms with van der Waals surface area (Å²) in [6.07, 6.45) is -0.352.